The van der Waals surface area contributed by atoms with E-state index in [2.05, 4.69) is 5.32 Å². The maximum absolute atomic E-state index is 13.9. The summed E-state index contributed by atoms with van der Waals surface area (Å²) in [5.41, 5.74) is 0.437. The Balaban J connectivity index is 2.39. The number of hydrogen-bond donors (Lipinski definition) is 1. The Morgan fingerprint density at radius 2 is 2.24 bits per heavy atom. The average Bonchev–Trinajstić information content (AvgIpc) is 2.96. The van der Waals surface area contributed by atoms with Gasteiger partial charge in [-0.2, -0.15) is 16.1 Å². The lowest BCUT2D eigenvalue weighted by molar-refractivity contribution is 0.394. The Hall–Kier alpha value is -0.340. The molecule has 1 atom stereocenters. The maximum atomic E-state index is 13.9. The quantitative estimate of drug-likeness (QED) is 0.883. The van der Waals surface area contributed by atoms with Gasteiger partial charge in [-0.3, -0.25) is 0 Å². The van der Waals surface area contributed by atoms with E-state index in [1.54, 1.807) is 25.9 Å². The first-order chi connectivity index (χ1) is 9.87. The van der Waals surface area contributed by atoms with Gasteiger partial charge in [-0.25, -0.2) is 12.8 Å². The summed E-state index contributed by atoms with van der Waals surface area (Å²) in [4.78, 5) is -0.0472. The molecule has 0 saturated carbocycles. The largest absolute Gasteiger partial charge is 0.316 e. The summed E-state index contributed by atoms with van der Waals surface area (Å²) >= 11 is 7.60. The SMILES string of the molecule is CNCc1cc(S(=O)(=O)N(C)C2CCSC2)cc(F)c1Cl. The molecule has 2 rings (SSSR count). The van der Waals surface area contributed by atoms with Gasteiger partial charge in [0.15, 0.2) is 0 Å². The zero-order valence-electron chi connectivity index (χ0n) is 11.9. The molecule has 0 aliphatic carbocycles. The Kier molecular flexibility index (Phi) is 5.54. The third-order valence-electron chi connectivity index (χ3n) is 3.54. The van der Waals surface area contributed by atoms with Crippen LogP contribution in [-0.2, 0) is 16.6 Å². The van der Waals surface area contributed by atoms with Crippen LogP contribution in [0.2, 0.25) is 5.02 Å². The molecule has 21 heavy (non-hydrogen) atoms. The van der Waals surface area contributed by atoms with Gasteiger partial charge in [0.25, 0.3) is 0 Å². The number of halogens is 2. The van der Waals surface area contributed by atoms with Crippen molar-refractivity contribution >= 4 is 33.4 Å². The van der Waals surface area contributed by atoms with Gasteiger partial charge in [0, 0.05) is 25.4 Å². The van der Waals surface area contributed by atoms with Crippen LogP contribution in [0.3, 0.4) is 0 Å². The van der Waals surface area contributed by atoms with Crippen molar-refractivity contribution in [1.29, 1.82) is 0 Å². The highest BCUT2D eigenvalue weighted by atomic mass is 35.5. The van der Waals surface area contributed by atoms with Crippen molar-refractivity contribution < 1.29 is 12.8 Å². The van der Waals surface area contributed by atoms with Crippen LogP contribution in [0, 0.1) is 5.82 Å². The number of benzene rings is 1. The summed E-state index contributed by atoms with van der Waals surface area (Å²) in [5.74, 6) is 1.01. The van der Waals surface area contributed by atoms with Crippen molar-refractivity contribution in [2.45, 2.75) is 23.9 Å². The fraction of sp³-hybridized carbons (Fsp3) is 0.538. The molecule has 4 nitrogen and oxygen atoms in total. The maximum Gasteiger partial charge on any atom is 0.243 e. The lowest BCUT2D eigenvalue weighted by atomic mass is 10.2. The molecule has 1 saturated heterocycles. The van der Waals surface area contributed by atoms with E-state index in [1.807, 2.05) is 0 Å². The number of sulfonamides is 1. The highest BCUT2D eigenvalue weighted by molar-refractivity contribution is 7.99. The molecule has 1 aliphatic heterocycles. The van der Waals surface area contributed by atoms with Crippen LogP contribution >= 0.6 is 23.4 Å². The van der Waals surface area contributed by atoms with Crippen LogP contribution in [0.4, 0.5) is 4.39 Å². The number of nitrogens with zero attached hydrogens (tertiary/aromatic N) is 1. The van der Waals surface area contributed by atoms with Crippen LogP contribution in [0.1, 0.15) is 12.0 Å². The summed E-state index contributed by atoms with van der Waals surface area (Å²) in [6.07, 6.45) is 0.819. The highest BCUT2D eigenvalue weighted by Crippen LogP contribution is 2.29. The monoisotopic (exact) mass is 352 g/mol. The molecule has 0 spiro atoms. The van der Waals surface area contributed by atoms with E-state index in [0.717, 1.165) is 24.0 Å². The molecule has 1 aromatic carbocycles. The fourth-order valence-electron chi connectivity index (χ4n) is 2.26. The molecule has 0 amide bonds. The third-order valence-corrected chi connectivity index (χ3v) is 7.00. The van der Waals surface area contributed by atoms with Crippen LogP contribution in [0.5, 0.6) is 0 Å². The second-order valence-corrected chi connectivity index (χ2v) is 8.47. The molecular formula is C13H18ClFN2O2S2. The molecule has 0 radical (unpaired) electrons. The lowest BCUT2D eigenvalue weighted by Crippen LogP contribution is -2.37. The molecule has 1 unspecified atom stereocenters. The predicted molar refractivity (Wildman–Crippen MR) is 84.9 cm³/mol. The normalized spacial score (nSPS) is 19.4. The zero-order chi connectivity index (χ0) is 15.6. The van der Waals surface area contributed by atoms with Crippen LogP contribution in [0.25, 0.3) is 0 Å². The highest BCUT2D eigenvalue weighted by Gasteiger charge is 2.31. The number of hydrogen-bond acceptors (Lipinski definition) is 4. The van der Waals surface area contributed by atoms with Gasteiger partial charge in [0.1, 0.15) is 5.82 Å². The van der Waals surface area contributed by atoms with Crippen molar-refractivity contribution in [1.82, 2.24) is 9.62 Å². The molecule has 1 fully saturated rings. The number of thioether (sulfide) groups is 1. The molecular weight excluding hydrogens is 335 g/mol. The van der Waals surface area contributed by atoms with Crippen molar-refractivity contribution in [3.63, 3.8) is 0 Å². The van der Waals surface area contributed by atoms with Gasteiger partial charge in [-0.1, -0.05) is 11.6 Å². The summed E-state index contributed by atoms with van der Waals surface area (Å²) in [5, 5.41) is 2.81. The van der Waals surface area contributed by atoms with E-state index in [0.29, 0.717) is 12.1 Å². The van der Waals surface area contributed by atoms with Crippen LogP contribution < -0.4 is 5.32 Å². The molecule has 1 heterocycles. The Morgan fingerprint density at radius 3 is 2.81 bits per heavy atom. The minimum Gasteiger partial charge on any atom is -0.316 e. The molecule has 8 heteroatoms. The second kappa shape index (κ2) is 6.83. The summed E-state index contributed by atoms with van der Waals surface area (Å²) in [6.45, 7) is 0.308. The Morgan fingerprint density at radius 1 is 1.52 bits per heavy atom. The minimum absolute atomic E-state index is 0.0357. The van der Waals surface area contributed by atoms with Gasteiger partial charge in [-0.15, -0.1) is 0 Å². The van der Waals surface area contributed by atoms with Gasteiger partial charge in [-0.05, 0) is 36.9 Å². The lowest BCUT2D eigenvalue weighted by Gasteiger charge is -2.23. The topological polar surface area (TPSA) is 49.4 Å². The molecule has 1 N–H and O–H groups in total. The number of rotatable bonds is 5. The second-order valence-electron chi connectivity index (χ2n) is 4.95. The summed E-state index contributed by atoms with van der Waals surface area (Å²) < 4.78 is 40.5. The Bertz CT molecular complexity index is 619. The van der Waals surface area contributed by atoms with E-state index in [9.17, 15) is 12.8 Å². The predicted octanol–water partition coefficient (Wildman–Crippen LogP) is 2.32. The first kappa shape index (κ1) is 17.0. The van der Waals surface area contributed by atoms with Gasteiger partial charge >= 0.3 is 0 Å². The molecule has 1 aliphatic rings. The van der Waals surface area contributed by atoms with Crippen molar-refractivity contribution in [3.8, 4) is 0 Å². The first-order valence-corrected chi connectivity index (χ1v) is 9.53. The Labute approximate surface area is 134 Å². The van der Waals surface area contributed by atoms with Crippen LogP contribution in [0.15, 0.2) is 17.0 Å². The smallest absolute Gasteiger partial charge is 0.243 e. The summed E-state index contributed by atoms with van der Waals surface area (Å²) in [7, 11) is -0.465. The molecule has 0 aromatic heterocycles. The summed E-state index contributed by atoms with van der Waals surface area (Å²) in [6, 6.07) is 2.40. The van der Waals surface area contributed by atoms with E-state index < -0.39 is 15.8 Å². The van der Waals surface area contributed by atoms with E-state index >= 15 is 0 Å². The van der Waals surface area contributed by atoms with Gasteiger partial charge < -0.3 is 5.32 Å². The minimum atomic E-state index is -3.71. The first-order valence-electron chi connectivity index (χ1n) is 6.56. The zero-order valence-corrected chi connectivity index (χ0v) is 14.3. The van der Waals surface area contributed by atoms with Crippen LogP contribution in [-0.4, -0.2) is 44.4 Å². The fourth-order valence-corrected chi connectivity index (χ4v) is 5.24. The van der Waals surface area contributed by atoms with E-state index in [1.165, 1.54) is 10.4 Å². The average molecular weight is 353 g/mol. The third kappa shape index (κ3) is 3.53. The van der Waals surface area contributed by atoms with E-state index in [4.69, 9.17) is 11.6 Å². The molecule has 0 bridgehead atoms. The van der Waals surface area contributed by atoms with E-state index in [-0.39, 0.29) is 16.0 Å². The van der Waals surface area contributed by atoms with Crippen molar-refractivity contribution in [2.24, 2.45) is 0 Å². The standard InChI is InChI=1S/C13H18ClFN2O2S2/c1-16-7-9-5-11(6-12(15)13(9)14)21(18,19)17(2)10-3-4-20-8-10/h5-6,10,16H,3-4,7-8H2,1-2H3. The number of nitrogens with one attached hydrogen (secondary N) is 1. The van der Waals surface area contributed by atoms with Gasteiger partial charge in [0.05, 0.1) is 9.92 Å². The molecule has 1 aromatic rings. The molecule has 118 valence electrons. The van der Waals surface area contributed by atoms with Crippen molar-refractivity contribution in [3.05, 3.63) is 28.5 Å². The van der Waals surface area contributed by atoms with Gasteiger partial charge in [0.2, 0.25) is 10.0 Å². The van der Waals surface area contributed by atoms with Crippen molar-refractivity contribution in [2.75, 3.05) is 25.6 Å².